The van der Waals surface area contributed by atoms with Gasteiger partial charge in [0.15, 0.2) is 0 Å². The Morgan fingerprint density at radius 2 is 1.76 bits per heavy atom. The van der Waals surface area contributed by atoms with Crippen molar-refractivity contribution in [3.63, 3.8) is 0 Å². The third-order valence-corrected chi connectivity index (χ3v) is 9.55. The molecule has 0 radical (unpaired) electrons. The van der Waals surface area contributed by atoms with E-state index < -0.39 is 8.56 Å². The van der Waals surface area contributed by atoms with E-state index in [9.17, 15) is 0 Å². The first-order chi connectivity index (χ1) is 11.6. The van der Waals surface area contributed by atoms with Crippen LogP contribution in [0.5, 0.6) is 0 Å². The van der Waals surface area contributed by atoms with Crippen molar-refractivity contribution in [1.29, 1.82) is 0 Å². The van der Waals surface area contributed by atoms with Crippen molar-refractivity contribution in [3.8, 4) is 0 Å². The molecule has 0 aromatic heterocycles. The summed E-state index contributed by atoms with van der Waals surface area (Å²) in [5.41, 5.74) is -0.265. The van der Waals surface area contributed by atoms with E-state index in [0.717, 1.165) is 19.1 Å². The molecule has 0 saturated carbocycles. The lowest BCUT2D eigenvalue weighted by Gasteiger charge is -2.47. The topological polar surface area (TPSA) is 27.7 Å². The second kappa shape index (κ2) is 9.68. The standard InChI is InChI=1S/C21H42O3Si/c1-10-21(9,18(6)7)24-25(22-15-16(2)3)14-12-11-13-20(25)23-19(8)17(4)5/h10,16-20H,1,11-15H2,2-9H3. The van der Waals surface area contributed by atoms with Gasteiger partial charge >= 0.3 is 8.56 Å². The molecule has 0 bridgehead atoms. The van der Waals surface area contributed by atoms with Gasteiger partial charge in [-0.3, -0.25) is 0 Å². The van der Waals surface area contributed by atoms with Crippen LogP contribution in [0.1, 0.15) is 74.7 Å². The van der Waals surface area contributed by atoms with Crippen molar-refractivity contribution in [2.24, 2.45) is 17.8 Å². The second-order valence-electron chi connectivity index (χ2n) is 8.98. The van der Waals surface area contributed by atoms with Gasteiger partial charge in [0.1, 0.15) is 5.73 Å². The highest BCUT2D eigenvalue weighted by atomic mass is 28.4. The highest BCUT2D eigenvalue weighted by molar-refractivity contribution is 6.69. The summed E-state index contributed by atoms with van der Waals surface area (Å²) in [6.45, 7) is 22.4. The summed E-state index contributed by atoms with van der Waals surface area (Å²) in [5, 5.41) is 0. The summed E-state index contributed by atoms with van der Waals surface area (Å²) in [6, 6.07) is 1.02. The Morgan fingerprint density at radius 3 is 2.24 bits per heavy atom. The lowest BCUT2D eigenvalue weighted by Crippen LogP contribution is -2.62. The molecule has 4 atom stereocenters. The molecule has 1 fully saturated rings. The molecule has 0 amide bonds. The number of ether oxygens (including phenoxy) is 1. The minimum Gasteiger partial charge on any atom is -0.392 e. The molecule has 148 valence electrons. The summed E-state index contributed by atoms with van der Waals surface area (Å²) in [5.74, 6) is 1.34. The normalized spacial score (nSPS) is 28.4. The largest absolute Gasteiger partial charge is 0.392 e. The molecular weight excluding hydrogens is 328 g/mol. The van der Waals surface area contributed by atoms with Crippen molar-refractivity contribution in [2.75, 3.05) is 6.61 Å². The fourth-order valence-corrected chi connectivity index (χ4v) is 7.49. The molecule has 0 aromatic rings. The fraction of sp³-hybridized carbons (Fsp3) is 0.905. The van der Waals surface area contributed by atoms with Crippen LogP contribution >= 0.6 is 0 Å². The van der Waals surface area contributed by atoms with E-state index in [1.165, 1.54) is 12.8 Å². The molecule has 1 aliphatic rings. The first kappa shape index (κ1) is 22.9. The van der Waals surface area contributed by atoms with E-state index in [2.05, 4.69) is 62.0 Å². The molecule has 1 saturated heterocycles. The first-order valence-electron chi connectivity index (χ1n) is 10.2. The lowest BCUT2D eigenvalue weighted by molar-refractivity contribution is -0.0522. The van der Waals surface area contributed by atoms with E-state index >= 15 is 0 Å². The van der Waals surface area contributed by atoms with Gasteiger partial charge in [0.25, 0.3) is 0 Å². The van der Waals surface area contributed by atoms with Crippen LogP contribution in [0.3, 0.4) is 0 Å². The van der Waals surface area contributed by atoms with Gasteiger partial charge in [-0.05, 0) is 44.1 Å². The predicted octanol–water partition coefficient (Wildman–Crippen LogP) is 5.87. The molecule has 4 unspecified atom stereocenters. The van der Waals surface area contributed by atoms with E-state index in [4.69, 9.17) is 13.6 Å². The van der Waals surface area contributed by atoms with Gasteiger partial charge in [-0.1, -0.05) is 60.5 Å². The van der Waals surface area contributed by atoms with Crippen molar-refractivity contribution < 1.29 is 13.6 Å². The Hall–Kier alpha value is -0.163. The summed E-state index contributed by atoms with van der Waals surface area (Å²) in [4.78, 5) is 0. The fourth-order valence-electron chi connectivity index (χ4n) is 3.06. The van der Waals surface area contributed by atoms with E-state index in [1.807, 2.05) is 6.08 Å². The zero-order chi connectivity index (χ0) is 19.3. The van der Waals surface area contributed by atoms with E-state index in [1.54, 1.807) is 0 Å². The molecule has 3 nitrogen and oxygen atoms in total. The van der Waals surface area contributed by atoms with Crippen molar-refractivity contribution in [3.05, 3.63) is 12.7 Å². The van der Waals surface area contributed by atoms with Crippen LogP contribution in [0.15, 0.2) is 12.7 Å². The van der Waals surface area contributed by atoms with Gasteiger partial charge in [0, 0.05) is 6.61 Å². The van der Waals surface area contributed by atoms with E-state index in [-0.39, 0.29) is 17.4 Å². The molecule has 1 rings (SSSR count). The summed E-state index contributed by atoms with van der Waals surface area (Å²) in [7, 11) is -2.50. The van der Waals surface area contributed by atoms with Crippen LogP contribution in [0.4, 0.5) is 0 Å². The second-order valence-corrected chi connectivity index (χ2v) is 12.2. The smallest absolute Gasteiger partial charge is 0.368 e. The third kappa shape index (κ3) is 6.19. The summed E-state index contributed by atoms with van der Waals surface area (Å²) in [6.07, 6.45) is 5.60. The third-order valence-electron chi connectivity index (χ3n) is 5.66. The number of hydrogen-bond acceptors (Lipinski definition) is 3. The van der Waals surface area contributed by atoms with Gasteiger partial charge in [-0.25, -0.2) is 0 Å². The quantitative estimate of drug-likeness (QED) is 0.355. The Morgan fingerprint density at radius 1 is 1.12 bits per heavy atom. The Bertz CT molecular complexity index is 410. The molecular formula is C21H42O3Si. The monoisotopic (exact) mass is 370 g/mol. The van der Waals surface area contributed by atoms with Crippen LogP contribution in [-0.2, 0) is 13.6 Å². The predicted molar refractivity (Wildman–Crippen MR) is 109 cm³/mol. The maximum absolute atomic E-state index is 6.89. The molecule has 1 heterocycles. The highest BCUT2D eigenvalue weighted by Gasteiger charge is 2.53. The molecule has 4 heteroatoms. The van der Waals surface area contributed by atoms with Crippen LogP contribution in [0.25, 0.3) is 0 Å². The Balaban J connectivity index is 3.14. The van der Waals surface area contributed by atoms with Crippen molar-refractivity contribution in [1.82, 2.24) is 0 Å². The van der Waals surface area contributed by atoms with Gasteiger partial charge in [0.2, 0.25) is 0 Å². The van der Waals surface area contributed by atoms with Gasteiger partial charge < -0.3 is 13.6 Å². The van der Waals surface area contributed by atoms with Crippen molar-refractivity contribution >= 4 is 8.56 Å². The molecule has 0 spiro atoms. The molecule has 1 aliphatic heterocycles. The molecule has 25 heavy (non-hydrogen) atoms. The van der Waals surface area contributed by atoms with Gasteiger partial charge in [-0.15, -0.1) is 6.58 Å². The zero-order valence-electron chi connectivity index (χ0n) is 17.9. The van der Waals surface area contributed by atoms with Crippen LogP contribution in [0, 0.1) is 17.8 Å². The van der Waals surface area contributed by atoms with Crippen molar-refractivity contribution in [2.45, 2.75) is 98.1 Å². The maximum Gasteiger partial charge on any atom is 0.368 e. The maximum atomic E-state index is 6.89. The Kier molecular flexibility index (Phi) is 8.86. The van der Waals surface area contributed by atoms with E-state index in [0.29, 0.717) is 17.8 Å². The Labute approximate surface area is 157 Å². The summed E-state index contributed by atoms with van der Waals surface area (Å²) < 4.78 is 20.1. The minimum absolute atomic E-state index is 0.107. The van der Waals surface area contributed by atoms with Crippen LogP contribution < -0.4 is 0 Å². The van der Waals surface area contributed by atoms with Crippen LogP contribution in [-0.4, -0.2) is 32.6 Å². The van der Waals surface area contributed by atoms with Gasteiger partial charge in [0.05, 0.1) is 11.7 Å². The number of rotatable bonds is 10. The number of hydrogen-bond donors (Lipinski definition) is 0. The zero-order valence-corrected chi connectivity index (χ0v) is 18.9. The minimum atomic E-state index is -2.50. The summed E-state index contributed by atoms with van der Waals surface area (Å²) >= 11 is 0. The average molecular weight is 371 g/mol. The first-order valence-corrected chi connectivity index (χ1v) is 12.3. The van der Waals surface area contributed by atoms with Gasteiger partial charge in [-0.2, -0.15) is 0 Å². The van der Waals surface area contributed by atoms with Crippen LogP contribution in [0.2, 0.25) is 6.04 Å². The lowest BCUT2D eigenvalue weighted by atomic mass is 9.93. The average Bonchev–Trinajstić information content (AvgIpc) is 2.54. The molecule has 0 N–H and O–H groups in total. The molecule has 0 aromatic carbocycles. The SMILES string of the molecule is C=CC(C)(O[Si]1(OCC(C)C)CCCCC1OC(C)C(C)C)C(C)C. The molecule has 0 aliphatic carbocycles. The highest BCUT2D eigenvalue weighted by Crippen LogP contribution is 2.39.